The van der Waals surface area contributed by atoms with Gasteiger partial charge in [0.15, 0.2) is 0 Å². The Morgan fingerprint density at radius 2 is 2.20 bits per heavy atom. The number of carbonyl (C=O) groups is 2. The van der Waals surface area contributed by atoms with Crippen LogP contribution in [-0.2, 0) is 14.3 Å². The molecule has 9 heteroatoms. The summed E-state index contributed by atoms with van der Waals surface area (Å²) >= 11 is 1.10. The van der Waals surface area contributed by atoms with E-state index in [2.05, 4.69) is 20.5 Å². The minimum Gasteiger partial charge on any atom is -0.467 e. The third-order valence-electron chi connectivity index (χ3n) is 3.63. The number of hydrogen-bond acceptors (Lipinski definition) is 8. The molecule has 2 aromatic heterocycles. The first-order chi connectivity index (χ1) is 12.0. The molecule has 0 spiro atoms. The molecule has 2 atom stereocenters. The fourth-order valence-electron chi connectivity index (χ4n) is 2.01. The highest BCUT2D eigenvalue weighted by molar-refractivity contribution is 7.99. The lowest BCUT2D eigenvalue weighted by molar-refractivity contribution is -0.146. The van der Waals surface area contributed by atoms with E-state index in [-0.39, 0.29) is 22.8 Å². The molecular weight excluding hydrogens is 344 g/mol. The molecule has 0 saturated heterocycles. The second-order valence-corrected chi connectivity index (χ2v) is 6.28. The zero-order valence-electron chi connectivity index (χ0n) is 14.3. The maximum Gasteiger partial charge on any atom is 0.328 e. The van der Waals surface area contributed by atoms with Crippen LogP contribution in [0.15, 0.2) is 34.2 Å². The maximum absolute atomic E-state index is 12.1. The summed E-state index contributed by atoms with van der Waals surface area (Å²) < 4.78 is 10.2. The highest BCUT2D eigenvalue weighted by atomic mass is 32.2. The highest BCUT2D eigenvalue weighted by Gasteiger charge is 2.26. The zero-order valence-corrected chi connectivity index (χ0v) is 15.1. The summed E-state index contributed by atoms with van der Waals surface area (Å²) in [5.41, 5.74) is 0.703. The predicted octanol–water partition coefficient (Wildman–Crippen LogP) is 1.93. The van der Waals surface area contributed by atoms with Crippen LogP contribution in [0.4, 0.5) is 0 Å². The molecule has 0 radical (unpaired) electrons. The van der Waals surface area contributed by atoms with E-state index >= 15 is 0 Å². The quantitative estimate of drug-likeness (QED) is 0.559. The molecule has 0 bridgehead atoms. The van der Waals surface area contributed by atoms with Crippen molar-refractivity contribution in [3.05, 3.63) is 24.5 Å². The number of nitrogens with one attached hydrogen (secondary N) is 1. The largest absolute Gasteiger partial charge is 0.467 e. The number of nitrogens with zero attached hydrogens (tertiary/aromatic N) is 3. The van der Waals surface area contributed by atoms with Gasteiger partial charge in [-0.05, 0) is 18.1 Å². The Bertz CT molecular complexity index is 707. The summed E-state index contributed by atoms with van der Waals surface area (Å²) in [6.45, 7) is 3.83. The van der Waals surface area contributed by atoms with Gasteiger partial charge in [-0.25, -0.2) is 4.79 Å². The molecule has 25 heavy (non-hydrogen) atoms. The standard InChI is InChI=1S/C16H20N4O4S/c1-4-10(2)13(15(22)23-3)18-12(21)9-25-16-20-19-14(24-16)11-6-5-7-17-8-11/h5-8,10,13H,4,9H2,1-3H3,(H,18,21)/t10-,13-/m1/s1. The molecule has 0 aliphatic rings. The van der Waals surface area contributed by atoms with Crippen molar-refractivity contribution in [3.63, 3.8) is 0 Å². The topological polar surface area (TPSA) is 107 Å². The summed E-state index contributed by atoms with van der Waals surface area (Å²) in [5, 5.41) is 10.8. The number of amides is 1. The van der Waals surface area contributed by atoms with Crippen LogP contribution in [0.2, 0.25) is 0 Å². The number of pyridine rings is 1. The monoisotopic (exact) mass is 364 g/mol. The molecule has 8 nitrogen and oxygen atoms in total. The Kier molecular flexibility index (Phi) is 6.93. The van der Waals surface area contributed by atoms with E-state index in [1.54, 1.807) is 24.5 Å². The van der Waals surface area contributed by atoms with Gasteiger partial charge < -0.3 is 14.5 Å². The van der Waals surface area contributed by atoms with Crippen molar-refractivity contribution in [2.45, 2.75) is 31.5 Å². The third kappa shape index (κ3) is 5.28. The van der Waals surface area contributed by atoms with Crippen molar-refractivity contribution in [2.24, 2.45) is 5.92 Å². The van der Waals surface area contributed by atoms with E-state index in [4.69, 9.17) is 9.15 Å². The average Bonchev–Trinajstić information content (AvgIpc) is 3.13. The molecule has 1 amide bonds. The van der Waals surface area contributed by atoms with E-state index in [1.165, 1.54) is 7.11 Å². The summed E-state index contributed by atoms with van der Waals surface area (Å²) in [4.78, 5) is 27.9. The number of hydrogen-bond donors (Lipinski definition) is 1. The highest BCUT2D eigenvalue weighted by Crippen LogP contribution is 2.22. The number of esters is 1. The molecule has 0 aromatic carbocycles. The lowest BCUT2D eigenvalue weighted by Crippen LogP contribution is -2.46. The van der Waals surface area contributed by atoms with Gasteiger partial charge in [0.05, 0.1) is 18.4 Å². The first-order valence-corrected chi connectivity index (χ1v) is 8.77. The molecule has 0 unspecified atom stereocenters. The third-order valence-corrected chi connectivity index (χ3v) is 4.44. The van der Waals surface area contributed by atoms with Crippen molar-refractivity contribution < 1.29 is 18.7 Å². The van der Waals surface area contributed by atoms with Crippen molar-refractivity contribution in [2.75, 3.05) is 12.9 Å². The molecule has 0 aliphatic carbocycles. The Morgan fingerprint density at radius 3 is 2.84 bits per heavy atom. The molecular formula is C16H20N4O4S. The first kappa shape index (κ1) is 18.9. The van der Waals surface area contributed by atoms with Gasteiger partial charge in [-0.3, -0.25) is 9.78 Å². The summed E-state index contributed by atoms with van der Waals surface area (Å²) in [5.74, 6) is -0.394. The Balaban J connectivity index is 1.91. The maximum atomic E-state index is 12.1. The zero-order chi connectivity index (χ0) is 18.2. The SMILES string of the molecule is CC[C@@H](C)[C@@H](NC(=O)CSc1nnc(-c2cccnc2)o1)C(=O)OC. The van der Waals surface area contributed by atoms with Crippen LogP contribution in [0.3, 0.4) is 0 Å². The van der Waals surface area contributed by atoms with Gasteiger partial charge in [-0.2, -0.15) is 0 Å². The molecule has 0 saturated carbocycles. The van der Waals surface area contributed by atoms with Crippen LogP contribution in [0.25, 0.3) is 11.5 Å². The molecule has 0 fully saturated rings. The van der Waals surface area contributed by atoms with Crippen LogP contribution in [0.1, 0.15) is 20.3 Å². The fourth-order valence-corrected chi connectivity index (χ4v) is 2.59. The Labute approximate surface area is 149 Å². The van der Waals surface area contributed by atoms with Crippen molar-refractivity contribution in [1.29, 1.82) is 0 Å². The van der Waals surface area contributed by atoms with E-state index in [9.17, 15) is 9.59 Å². The lowest BCUT2D eigenvalue weighted by atomic mass is 9.99. The molecule has 2 rings (SSSR count). The summed E-state index contributed by atoms with van der Waals surface area (Å²) in [6.07, 6.45) is 4.00. The van der Waals surface area contributed by atoms with Crippen LogP contribution >= 0.6 is 11.8 Å². The van der Waals surface area contributed by atoms with Gasteiger partial charge >= 0.3 is 5.97 Å². The molecule has 1 N–H and O–H groups in total. The molecule has 134 valence electrons. The van der Waals surface area contributed by atoms with Crippen LogP contribution in [0, 0.1) is 5.92 Å². The van der Waals surface area contributed by atoms with Gasteiger partial charge in [-0.15, -0.1) is 10.2 Å². The van der Waals surface area contributed by atoms with Crippen LogP contribution in [0.5, 0.6) is 0 Å². The van der Waals surface area contributed by atoms with Gasteiger partial charge in [0, 0.05) is 12.4 Å². The number of thioether (sulfide) groups is 1. The van der Waals surface area contributed by atoms with Crippen molar-refractivity contribution in [1.82, 2.24) is 20.5 Å². The number of aromatic nitrogens is 3. The second-order valence-electron chi connectivity index (χ2n) is 5.36. The number of rotatable bonds is 8. The Hall–Kier alpha value is -2.42. The van der Waals surface area contributed by atoms with E-state index in [1.807, 2.05) is 13.8 Å². The predicted molar refractivity (Wildman–Crippen MR) is 91.7 cm³/mol. The van der Waals surface area contributed by atoms with Crippen LogP contribution in [-0.4, -0.2) is 46.0 Å². The number of methoxy groups -OCH3 is 1. The second kappa shape index (κ2) is 9.16. The van der Waals surface area contributed by atoms with Crippen molar-refractivity contribution >= 4 is 23.6 Å². The summed E-state index contributed by atoms with van der Waals surface area (Å²) in [7, 11) is 1.30. The first-order valence-electron chi connectivity index (χ1n) is 7.79. The van der Waals surface area contributed by atoms with E-state index < -0.39 is 12.0 Å². The van der Waals surface area contributed by atoms with E-state index in [0.717, 1.165) is 18.2 Å². The van der Waals surface area contributed by atoms with Gasteiger partial charge in [0.25, 0.3) is 5.22 Å². The van der Waals surface area contributed by atoms with Gasteiger partial charge in [0.1, 0.15) is 6.04 Å². The fraction of sp³-hybridized carbons (Fsp3) is 0.438. The molecule has 0 aliphatic heterocycles. The van der Waals surface area contributed by atoms with Gasteiger partial charge in [0.2, 0.25) is 11.8 Å². The average molecular weight is 364 g/mol. The molecule has 2 aromatic rings. The number of carbonyl (C=O) groups excluding carboxylic acids is 2. The Morgan fingerprint density at radius 1 is 1.40 bits per heavy atom. The summed E-state index contributed by atoms with van der Waals surface area (Å²) in [6, 6.07) is 2.90. The lowest BCUT2D eigenvalue weighted by Gasteiger charge is -2.21. The normalized spacial score (nSPS) is 13.1. The minimum absolute atomic E-state index is 0.0259. The smallest absolute Gasteiger partial charge is 0.328 e. The molecule has 2 heterocycles. The van der Waals surface area contributed by atoms with Crippen molar-refractivity contribution in [3.8, 4) is 11.5 Å². The number of ether oxygens (including phenoxy) is 1. The van der Waals surface area contributed by atoms with Gasteiger partial charge in [-0.1, -0.05) is 32.0 Å². The van der Waals surface area contributed by atoms with E-state index in [0.29, 0.717) is 11.5 Å². The minimum atomic E-state index is -0.670. The van der Waals surface area contributed by atoms with Crippen LogP contribution < -0.4 is 5.32 Å².